The molecular weight excluding hydrogens is 300 g/mol. The minimum absolute atomic E-state index is 0.0172. The van der Waals surface area contributed by atoms with E-state index in [2.05, 4.69) is 19.3 Å². The first kappa shape index (κ1) is 15.4. The molecule has 1 fully saturated rings. The number of amides is 2. The number of para-hydroxylation sites is 1. The molecule has 4 rings (SSSR count). The van der Waals surface area contributed by atoms with Crippen LogP contribution in [0.25, 0.3) is 0 Å². The Labute approximate surface area is 142 Å². The van der Waals surface area contributed by atoms with Crippen LogP contribution in [0, 0.1) is 17.3 Å². The number of nitrogens with zero attached hydrogens (tertiary/aromatic N) is 1. The first-order valence-electron chi connectivity index (χ1n) is 8.88. The molecule has 3 aliphatic rings. The lowest BCUT2D eigenvalue weighted by atomic mass is 9.62. The van der Waals surface area contributed by atoms with E-state index < -0.39 is 0 Å². The number of hydrogen-bond acceptors (Lipinski definition) is 2. The molecule has 0 unspecified atom stereocenters. The Morgan fingerprint density at radius 1 is 1.08 bits per heavy atom. The Bertz CT molecular complexity index is 720. The number of allylic oxidation sites excluding steroid dienone is 2. The average molecular weight is 324 g/mol. The van der Waals surface area contributed by atoms with Crippen LogP contribution in [0.3, 0.4) is 0 Å². The minimum atomic E-state index is -0.216. The van der Waals surface area contributed by atoms with Gasteiger partial charge in [-0.3, -0.25) is 15.0 Å². The third-order valence-electron chi connectivity index (χ3n) is 6.01. The summed E-state index contributed by atoms with van der Waals surface area (Å²) in [6, 6.07) is 9.38. The highest BCUT2D eigenvalue weighted by Gasteiger charge is 2.48. The van der Waals surface area contributed by atoms with Crippen molar-refractivity contribution in [2.75, 3.05) is 5.01 Å². The van der Waals surface area contributed by atoms with Crippen molar-refractivity contribution in [3.63, 3.8) is 0 Å². The predicted molar refractivity (Wildman–Crippen MR) is 92.9 cm³/mol. The van der Waals surface area contributed by atoms with Gasteiger partial charge in [-0.25, -0.2) is 5.01 Å². The zero-order chi connectivity index (χ0) is 16.9. The van der Waals surface area contributed by atoms with Crippen LogP contribution >= 0.6 is 0 Å². The summed E-state index contributed by atoms with van der Waals surface area (Å²) >= 11 is 0. The number of anilines is 1. The van der Waals surface area contributed by atoms with Crippen LogP contribution in [0.1, 0.15) is 46.0 Å². The van der Waals surface area contributed by atoms with Gasteiger partial charge < -0.3 is 0 Å². The molecule has 1 aliphatic heterocycles. The van der Waals surface area contributed by atoms with Gasteiger partial charge in [0.25, 0.3) is 0 Å². The van der Waals surface area contributed by atoms with Crippen LogP contribution in [-0.2, 0) is 9.59 Å². The smallest absolute Gasteiger partial charge is 0.249 e. The number of fused-ring (bicyclic) bond motifs is 1. The molecule has 2 atom stereocenters. The van der Waals surface area contributed by atoms with Crippen molar-refractivity contribution in [1.29, 1.82) is 0 Å². The van der Waals surface area contributed by atoms with E-state index in [1.165, 1.54) is 29.0 Å². The second-order valence-electron chi connectivity index (χ2n) is 7.93. The van der Waals surface area contributed by atoms with Crippen LogP contribution in [0.15, 0.2) is 41.5 Å². The fourth-order valence-corrected chi connectivity index (χ4v) is 4.66. The molecule has 0 saturated carbocycles. The summed E-state index contributed by atoms with van der Waals surface area (Å²) in [5.41, 5.74) is 6.60. The molecule has 0 bridgehead atoms. The third-order valence-corrected chi connectivity index (χ3v) is 6.01. The molecule has 24 heavy (non-hydrogen) atoms. The van der Waals surface area contributed by atoms with Gasteiger partial charge in [-0.1, -0.05) is 43.2 Å². The molecule has 2 aliphatic carbocycles. The standard InChI is InChI=1S/C20H24N2O2/c1-20(2)10-6-7-13-11-16-15(12-17(13)20)18(23)21-22(19(16)24)14-8-4-3-5-9-14/h3-5,8-9,15-16H,6-7,10-12H2,1-2H3,(H,21,23)/t15-,16-/m1/s1. The van der Waals surface area contributed by atoms with Gasteiger partial charge in [-0.2, -0.15) is 0 Å². The lowest BCUT2D eigenvalue weighted by Gasteiger charge is -2.46. The van der Waals surface area contributed by atoms with Gasteiger partial charge in [-0.05, 0) is 49.7 Å². The zero-order valence-corrected chi connectivity index (χ0v) is 14.3. The summed E-state index contributed by atoms with van der Waals surface area (Å²) in [5.74, 6) is -0.419. The van der Waals surface area contributed by atoms with Crippen LogP contribution < -0.4 is 10.4 Å². The van der Waals surface area contributed by atoms with Gasteiger partial charge in [0, 0.05) is 0 Å². The zero-order valence-electron chi connectivity index (χ0n) is 14.3. The van der Waals surface area contributed by atoms with E-state index in [4.69, 9.17) is 0 Å². The highest BCUT2D eigenvalue weighted by molar-refractivity contribution is 6.04. The summed E-state index contributed by atoms with van der Waals surface area (Å²) in [7, 11) is 0. The van der Waals surface area contributed by atoms with Gasteiger partial charge >= 0.3 is 0 Å². The molecule has 4 heteroatoms. The molecule has 126 valence electrons. The molecule has 1 heterocycles. The molecule has 4 nitrogen and oxygen atoms in total. The number of hydrogen-bond donors (Lipinski definition) is 1. The maximum absolute atomic E-state index is 13.0. The first-order chi connectivity index (χ1) is 11.5. The molecule has 1 saturated heterocycles. The summed E-state index contributed by atoms with van der Waals surface area (Å²) in [5, 5.41) is 1.45. The number of carbonyl (C=O) groups excluding carboxylic acids is 2. The van der Waals surface area contributed by atoms with Crippen molar-refractivity contribution >= 4 is 17.5 Å². The van der Waals surface area contributed by atoms with Crippen LogP contribution in [0.2, 0.25) is 0 Å². The van der Waals surface area contributed by atoms with Crippen LogP contribution in [0.4, 0.5) is 5.69 Å². The van der Waals surface area contributed by atoms with Gasteiger partial charge in [0.2, 0.25) is 11.8 Å². The molecule has 2 amide bonds. The van der Waals surface area contributed by atoms with Gasteiger partial charge in [0.1, 0.15) is 0 Å². The van der Waals surface area contributed by atoms with Gasteiger partial charge in [0.15, 0.2) is 0 Å². The molecule has 1 aromatic rings. The maximum Gasteiger partial charge on any atom is 0.249 e. The summed E-state index contributed by atoms with van der Waals surface area (Å²) in [6.45, 7) is 4.56. The Hall–Kier alpha value is -2.10. The van der Waals surface area contributed by atoms with Crippen molar-refractivity contribution in [1.82, 2.24) is 5.43 Å². The van der Waals surface area contributed by atoms with E-state index in [1.54, 1.807) is 0 Å². The first-order valence-corrected chi connectivity index (χ1v) is 8.88. The van der Waals surface area contributed by atoms with E-state index in [-0.39, 0.29) is 29.1 Å². The highest BCUT2D eigenvalue weighted by atomic mass is 16.2. The van der Waals surface area contributed by atoms with Crippen molar-refractivity contribution in [2.45, 2.75) is 46.0 Å². The Morgan fingerprint density at radius 3 is 2.58 bits per heavy atom. The summed E-state index contributed by atoms with van der Waals surface area (Å²) in [6.07, 6.45) is 4.94. The fourth-order valence-electron chi connectivity index (χ4n) is 4.66. The maximum atomic E-state index is 13.0. The lowest BCUT2D eigenvalue weighted by molar-refractivity contribution is -0.140. The number of hydrazine groups is 1. The van der Waals surface area contributed by atoms with E-state index in [1.807, 2.05) is 30.3 Å². The van der Waals surface area contributed by atoms with E-state index in [0.29, 0.717) is 0 Å². The normalized spacial score (nSPS) is 29.0. The van der Waals surface area contributed by atoms with Crippen LogP contribution in [0.5, 0.6) is 0 Å². The van der Waals surface area contributed by atoms with Crippen LogP contribution in [-0.4, -0.2) is 11.8 Å². The Balaban J connectivity index is 1.67. The molecule has 0 radical (unpaired) electrons. The topological polar surface area (TPSA) is 49.4 Å². The number of carbonyl (C=O) groups is 2. The predicted octanol–water partition coefficient (Wildman–Crippen LogP) is 3.60. The molecule has 1 aromatic carbocycles. The van der Waals surface area contributed by atoms with Gasteiger partial charge in [0.05, 0.1) is 17.5 Å². The SMILES string of the molecule is CC1(C)CCCC2=C1C[C@H]1C(=O)NN(c3ccccc3)C(=O)[C@@H]1C2. The van der Waals surface area contributed by atoms with Crippen molar-refractivity contribution in [2.24, 2.45) is 17.3 Å². The summed E-state index contributed by atoms with van der Waals surface area (Å²) < 4.78 is 0. The van der Waals surface area contributed by atoms with Crippen molar-refractivity contribution < 1.29 is 9.59 Å². The number of rotatable bonds is 1. The monoisotopic (exact) mass is 324 g/mol. The van der Waals surface area contributed by atoms with E-state index >= 15 is 0 Å². The molecule has 1 N–H and O–H groups in total. The molecule has 0 spiro atoms. The number of nitrogens with one attached hydrogen (secondary N) is 1. The quantitative estimate of drug-likeness (QED) is 0.803. The minimum Gasteiger partial charge on any atom is -0.273 e. The Kier molecular flexibility index (Phi) is 3.52. The van der Waals surface area contributed by atoms with Crippen molar-refractivity contribution in [3.8, 4) is 0 Å². The second-order valence-corrected chi connectivity index (χ2v) is 7.93. The lowest BCUT2D eigenvalue weighted by Crippen LogP contribution is -2.60. The van der Waals surface area contributed by atoms with E-state index in [9.17, 15) is 9.59 Å². The van der Waals surface area contributed by atoms with E-state index in [0.717, 1.165) is 24.9 Å². The largest absolute Gasteiger partial charge is 0.273 e. The average Bonchev–Trinajstić information content (AvgIpc) is 2.58. The highest BCUT2D eigenvalue weighted by Crippen LogP contribution is 2.50. The third kappa shape index (κ3) is 2.36. The van der Waals surface area contributed by atoms with Gasteiger partial charge in [-0.15, -0.1) is 0 Å². The summed E-state index contributed by atoms with van der Waals surface area (Å²) in [4.78, 5) is 25.7. The molecular formula is C20H24N2O2. The van der Waals surface area contributed by atoms with Crippen molar-refractivity contribution in [3.05, 3.63) is 41.5 Å². The molecule has 0 aromatic heterocycles. The fraction of sp³-hybridized carbons (Fsp3) is 0.500. The second kappa shape index (κ2) is 5.47. The number of benzene rings is 1. The Morgan fingerprint density at radius 2 is 1.83 bits per heavy atom.